The Bertz CT molecular complexity index is 743. The third kappa shape index (κ3) is 5.41. The predicted molar refractivity (Wildman–Crippen MR) is 102 cm³/mol. The first-order valence-electron chi connectivity index (χ1n) is 8.71. The molecule has 0 fully saturated rings. The summed E-state index contributed by atoms with van der Waals surface area (Å²) in [5.41, 5.74) is 3.37. The Labute approximate surface area is 155 Å². The van der Waals surface area contributed by atoms with E-state index in [1.807, 2.05) is 50.2 Å². The maximum absolute atomic E-state index is 12.0. The standard InChI is InChI=1S/C21H27NO4/c1-15-6-5-7-18(16(15)2)26-13-11-21(23)22-12-10-17-8-9-19(24-3)20(14-17)25-4/h5-9,14H,10-13H2,1-4H3,(H,22,23). The molecule has 2 rings (SSSR count). The van der Waals surface area contributed by atoms with Crippen LogP contribution in [-0.4, -0.2) is 33.3 Å². The van der Waals surface area contributed by atoms with Gasteiger partial charge >= 0.3 is 0 Å². The molecule has 1 amide bonds. The number of benzene rings is 2. The van der Waals surface area contributed by atoms with Crippen LogP contribution >= 0.6 is 0 Å². The van der Waals surface area contributed by atoms with Crippen molar-refractivity contribution in [2.75, 3.05) is 27.4 Å². The average Bonchev–Trinajstić information content (AvgIpc) is 2.65. The zero-order valence-corrected chi connectivity index (χ0v) is 15.9. The van der Waals surface area contributed by atoms with Crippen LogP contribution < -0.4 is 19.5 Å². The van der Waals surface area contributed by atoms with E-state index in [2.05, 4.69) is 5.32 Å². The second-order valence-corrected chi connectivity index (χ2v) is 6.09. The summed E-state index contributed by atoms with van der Waals surface area (Å²) < 4.78 is 16.2. The number of carbonyl (C=O) groups excluding carboxylic acids is 1. The first kappa shape index (κ1) is 19.6. The van der Waals surface area contributed by atoms with Gasteiger partial charge in [0.25, 0.3) is 0 Å². The van der Waals surface area contributed by atoms with Crippen LogP contribution in [0.3, 0.4) is 0 Å². The van der Waals surface area contributed by atoms with Gasteiger partial charge < -0.3 is 19.5 Å². The molecule has 0 aliphatic carbocycles. The summed E-state index contributed by atoms with van der Waals surface area (Å²) >= 11 is 0. The van der Waals surface area contributed by atoms with E-state index in [0.717, 1.165) is 23.3 Å². The Morgan fingerprint density at radius 3 is 2.50 bits per heavy atom. The Morgan fingerprint density at radius 2 is 1.77 bits per heavy atom. The largest absolute Gasteiger partial charge is 0.493 e. The van der Waals surface area contributed by atoms with Gasteiger partial charge in [0.2, 0.25) is 5.91 Å². The van der Waals surface area contributed by atoms with Crippen LogP contribution in [0.25, 0.3) is 0 Å². The lowest BCUT2D eigenvalue weighted by molar-refractivity contribution is -0.121. The number of hydrogen-bond donors (Lipinski definition) is 1. The van der Waals surface area contributed by atoms with Gasteiger partial charge in [-0.15, -0.1) is 0 Å². The van der Waals surface area contributed by atoms with Crippen molar-refractivity contribution in [1.29, 1.82) is 0 Å². The van der Waals surface area contributed by atoms with E-state index in [1.165, 1.54) is 5.56 Å². The molecule has 2 aromatic carbocycles. The van der Waals surface area contributed by atoms with Gasteiger partial charge in [-0.25, -0.2) is 0 Å². The Kier molecular flexibility index (Phi) is 7.33. The summed E-state index contributed by atoms with van der Waals surface area (Å²) in [6, 6.07) is 11.7. The molecule has 140 valence electrons. The van der Waals surface area contributed by atoms with Crippen molar-refractivity contribution in [3.8, 4) is 17.2 Å². The molecule has 0 bridgehead atoms. The molecule has 0 saturated heterocycles. The molecule has 0 aromatic heterocycles. The normalized spacial score (nSPS) is 10.3. The number of nitrogens with one attached hydrogen (secondary N) is 1. The van der Waals surface area contributed by atoms with E-state index in [4.69, 9.17) is 14.2 Å². The molecule has 0 unspecified atom stereocenters. The highest BCUT2D eigenvalue weighted by molar-refractivity contribution is 5.76. The van der Waals surface area contributed by atoms with Crippen molar-refractivity contribution in [3.05, 3.63) is 53.1 Å². The smallest absolute Gasteiger partial charge is 0.223 e. The van der Waals surface area contributed by atoms with Gasteiger partial charge in [-0.1, -0.05) is 18.2 Å². The predicted octanol–water partition coefficient (Wildman–Crippen LogP) is 3.45. The molecule has 2 aromatic rings. The fraction of sp³-hybridized carbons (Fsp3) is 0.381. The van der Waals surface area contributed by atoms with Gasteiger partial charge in [0.05, 0.1) is 27.2 Å². The molecular formula is C21H27NO4. The van der Waals surface area contributed by atoms with Crippen molar-refractivity contribution in [3.63, 3.8) is 0 Å². The second-order valence-electron chi connectivity index (χ2n) is 6.09. The van der Waals surface area contributed by atoms with Gasteiger partial charge in [0.1, 0.15) is 5.75 Å². The van der Waals surface area contributed by atoms with Gasteiger partial charge in [0, 0.05) is 6.54 Å². The molecule has 26 heavy (non-hydrogen) atoms. The third-order valence-electron chi connectivity index (χ3n) is 4.33. The van der Waals surface area contributed by atoms with E-state index < -0.39 is 0 Å². The summed E-state index contributed by atoms with van der Waals surface area (Å²) in [5, 5.41) is 2.92. The quantitative estimate of drug-likeness (QED) is 0.747. The lowest BCUT2D eigenvalue weighted by atomic mass is 10.1. The number of rotatable bonds is 9. The molecule has 5 nitrogen and oxygen atoms in total. The van der Waals surface area contributed by atoms with Crippen LogP contribution in [0.2, 0.25) is 0 Å². The van der Waals surface area contributed by atoms with E-state index in [9.17, 15) is 4.79 Å². The van der Waals surface area contributed by atoms with Crippen molar-refractivity contribution in [2.45, 2.75) is 26.7 Å². The van der Waals surface area contributed by atoms with Crippen LogP contribution in [0.4, 0.5) is 0 Å². The third-order valence-corrected chi connectivity index (χ3v) is 4.33. The van der Waals surface area contributed by atoms with Crippen molar-refractivity contribution in [2.24, 2.45) is 0 Å². The molecule has 5 heteroatoms. The van der Waals surface area contributed by atoms with Gasteiger partial charge in [-0.3, -0.25) is 4.79 Å². The molecule has 0 atom stereocenters. The fourth-order valence-electron chi connectivity index (χ4n) is 2.61. The molecule has 0 heterocycles. The summed E-state index contributed by atoms with van der Waals surface area (Å²) in [7, 11) is 3.22. The molecular weight excluding hydrogens is 330 g/mol. The van der Waals surface area contributed by atoms with Crippen LogP contribution in [0, 0.1) is 13.8 Å². The topological polar surface area (TPSA) is 56.8 Å². The first-order chi connectivity index (χ1) is 12.5. The minimum Gasteiger partial charge on any atom is -0.493 e. The highest BCUT2D eigenvalue weighted by atomic mass is 16.5. The lowest BCUT2D eigenvalue weighted by Crippen LogP contribution is -2.27. The number of hydrogen-bond acceptors (Lipinski definition) is 4. The summed E-state index contributed by atoms with van der Waals surface area (Å²) in [6.45, 7) is 5.00. The minimum atomic E-state index is -0.0178. The zero-order valence-electron chi connectivity index (χ0n) is 15.9. The summed E-state index contributed by atoms with van der Waals surface area (Å²) in [4.78, 5) is 12.0. The Morgan fingerprint density at radius 1 is 1.00 bits per heavy atom. The van der Waals surface area contributed by atoms with Gasteiger partial charge in [-0.05, 0) is 55.2 Å². The zero-order chi connectivity index (χ0) is 18.9. The highest BCUT2D eigenvalue weighted by Crippen LogP contribution is 2.27. The maximum Gasteiger partial charge on any atom is 0.223 e. The van der Waals surface area contributed by atoms with Crippen molar-refractivity contribution in [1.82, 2.24) is 5.32 Å². The second kappa shape index (κ2) is 9.70. The molecule has 0 saturated carbocycles. The average molecular weight is 357 g/mol. The number of amides is 1. The maximum atomic E-state index is 12.0. The Balaban J connectivity index is 1.73. The van der Waals surface area contributed by atoms with Gasteiger partial charge in [-0.2, -0.15) is 0 Å². The van der Waals surface area contributed by atoms with Gasteiger partial charge in [0.15, 0.2) is 11.5 Å². The van der Waals surface area contributed by atoms with Crippen LogP contribution in [-0.2, 0) is 11.2 Å². The molecule has 0 radical (unpaired) electrons. The van der Waals surface area contributed by atoms with Crippen molar-refractivity contribution < 1.29 is 19.0 Å². The molecule has 0 spiro atoms. The van der Waals surface area contributed by atoms with Crippen LogP contribution in [0.5, 0.6) is 17.2 Å². The number of carbonyl (C=O) groups is 1. The summed E-state index contributed by atoms with van der Waals surface area (Å²) in [6.07, 6.45) is 1.06. The van der Waals surface area contributed by atoms with Crippen LogP contribution in [0.15, 0.2) is 36.4 Å². The monoisotopic (exact) mass is 357 g/mol. The van der Waals surface area contributed by atoms with E-state index in [0.29, 0.717) is 31.1 Å². The SMILES string of the molecule is COc1ccc(CCNC(=O)CCOc2cccc(C)c2C)cc1OC. The molecule has 0 aliphatic heterocycles. The number of aryl methyl sites for hydroxylation is 1. The number of methoxy groups -OCH3 is 2. The Hall–Kier alpha value is -2.69. The van der Waals surface area contributed by atoms with Crippen LogP contribution in [0.1, 0.15) is 23.1 Å². The van der Waals surface area contributed by atoms with E-state index in [-0.39, 0.29) is 5.91 Å². The fourth-order valence-corrected chi connectivity index (χ4v) is 2.61. The summed E-state index contributed by atoms with van der Waals surface area (Å²) in [5.74, 6) is 2.21. The molecule has 0 aliphatic rings. The lowest BCUT2D eigenvalue weighted by Gasteiger charge is -2.11. The molecule has 1 N–H and O–H groups in total. The first-order valence-corrected chi connectivity index (χ1v) is 8.71. The number of ether oxygens (including phenoxy) is 3. The van der Waals surface area contributed by atoms with E-state index >= 15 is 0 Å². The highest BCUT2D eigenvalue weighted by Gasteiger charge is 2.07. The van der Waals surface area contributed by atoms with E-state index in [1.54, 1.807) is 14.2 Å². The van der Waals surface area contributed by atoms with Crippen molar-refractivity contribution >= 4 is 5.91 Å². The minimum absolute atomic E-state index is 0.0178.